The molecule has 0 heterocycles. The van der Waals surface area contributed by atoms with E-state index >= 15 is 0 Å². The fourth-order valence-electron chi connectivity index (χ4n) is 1.48. The summed E-state index contributed by atoms with van der Waals surface area (Å²) in [6, 6.07) is 14.7. The van der Waals surface area contributed by atoms with E-state index in [9.17, 15) is 0 Å². The Morgan fingerprint density at radius 3 is 2.28 bits per heavy atom. The Labute approximate surface area is 107 Å². The number of nitrogens with zero attached hydrogens (tertiary/aromatic N) is 1. The van der Waals surface area contributed by atoms with Gasteiger partial charge in [-0.15, -0.1) is 6.42 Å². The second-order valence-electron chi connectivity index (χ2n) is 3.74. The predicted octanol–water partition coefficient (Wildman–Crippen LogP) is 3.80. The number of benzene rings is 2. The van der Waals surface area contributed by atoms with Gasteiger partial charge in [-0.05, 0) is 29.8 Å². The number of rotatable bonds is 3. The normalized spacial score (nSPS) is 9.22. The fraction of sp³-hybridized carbons (Fsp3) is 0.0625. The molecule has 2 aromatic rings. The van der Waals surface area contributed by atoms with E-state index in [1.807, 2.05) is 36.4 Å². The lowest BCUT2D eigenvalue weighted by Crippen LogP contribution is -1.94. The summed E-state index contributed by atoms with van der Waals surface area (Å²) in [7, 11) is 0. The van der Waals surface area contributed by atoms with Gasteiger partial charge in [-0.25, -0.2) is 4.85 Å². The van der Waals surface area contributed by atoms with Crippen LogP contribution in [0.25, 0.3) is 4.85 Å². The average molecular weight is 233 g/mol. The van der Waals surface area contributed by atoms with Gasteiger partial charge in [0, 0.05) is 5.56 Å². The van der Waals surface area contributed by atoms with Crippen molar-refractivity contribution in [3.8, 4) is 18.1 Å². The Bertz CT molecular complexity index is 540. The molecule has 0 unspecified atom stereocenters. The summed E-state index contributed by atoms with van der Waals surface area (Å²) >= 11 is 0. The molecular formula is C16H11NO. The van der Waals surface area contributed by atoms with Gasteiger partial charge in [0.25, 0.3) is 0 Å². The van der Waals surface area contributed by atoms with Crippen molar-refractivity contribution in [3.05, 3.63) is 71.1 Å². The van der Waals surface area contributed by atoms with Crippen molar-refractivity contribution >= 4 is 5.69 Å². The topological polar surface area (TPSA) is 13.6 Å². The maximum Gasteiger partial charge on any atom is 0.187 e. The lowest BCUT2D eigenvalue weighted by Gasteiger charge is -2.06. The molecule has 18 heavy (non-hydrogen) atoms. The second-order valence-corrected chi connectivity index (χ2v) is 3.74. The first kappa shape index (κ1) is 11.8. The van der Waals surface area contributed by atoms with Gasteiger partial charge in [0.05, 0.1) is 6.57 Å². The first-order valence-electron chi connectivity index (χ1n) is 5.47. The molecule has 2 aromatic carbocycles. The van der Waals surface area contributed by atoms with Crippen molar-refractivity contribution in [1.29, 1.82) is 0 Å². The van der Waals surface area contributed by atoms with Gasteiger partial charge < -0.3 is 4.74 Å². The van der Waals surface area contributed by atoms with Crippen LogP contribution in [0, 0.1) is 18.9 Å². The van der Waals surface area contributed by atoms with E-state index in [2.05, 4.69) is 10.8 Å². The van der Waals surface area contributed by atoms with Crippen LogP contribution in [-0.2, 0) is 6.61 Å². The van der Waals surface area contributed by atoms with Gasteiger partial charge in [-0.3, -0.25) is 0 Å². The van der Waals surface area contributed by atoms with E-state index in [-0.39, 0.29) is 0 Å². The standard InChI is InChI=1S/C16H11NO/c1-3-13-6-10-16(11-7-13)18-12-14-4-8-15(17-2)9-5-14/h1,4-11H,12H2. The molecular weight excluding hydrogens is 222 g/mol. The first-order valence-corrected chi connectivity index (χ1v) is 5.47. The molecule has 0 bridgehead atoms. The lowest BCUT2D eigenvalue weighted by molar-refractivity contribution is 0.306. The van der Waals surface area contributed by atoms with Crippen LogP contribution in [0.1, 0.15) is 11.1 Å². The molecule has 0 spiro atoms. The van der Waals surface area contributed by atoms with E-state index < -0.39 is 0 Å². The van der Waals surface area contributed by atoms with Crippen LogP contribution in [0.4, 0.5) is 5.69 Å². The third-order valence-corrected chi connectivity index (χ3v) is 2.49. The highest BCUT2D eigenvalue weighted by molar-refractivity contribution is 5.45. The summed E-state index contributed by atoms with van der Waals surface area (Å²) in [5.41, 5.74) is 2.50. The van der Waals surface area contributed by atoms with Crippen LogP contribution in [0.2, 0.25) is 0 Å². The molecule has 2 rings (SSSR count). The third-order valence-electron chi connectivity index (χ3n) is 2.49. The Morgan fingerprint density at radius 2 is 1.72 bits per heavy atom. The number of ether oxygens (including phenoxy) is 1. The number of terminal acetylenes is 1. The van der Waals surface area contributed by atoms with Crippen molar-refractivity contribution < 1.29 is 4.74 Å². The molecule has 0 aliphatic heterocycles. The van der Waals surface area contributed by atoms with E-state index in [4.69, 9.17) is 17.7 Å². The maximum atomic E-state index is 6.87. The van der Waals surface area contributed by atoms with Crippen molar-refractivity contribution in [2.24, 2.45) is 0 Å². The minimum absolute atomic E-state index is 0.480. The van der Waals surface area contributed by atoms with Crippen LogP contribution in [0.15, 0.2) is 48.5 Å². The van der Waals surface area contributed by atoms with Crippen molar-refractivity contribution in [3.63, 3.8) is 0 Å². The summed E-state index contributed by atoms with van der Waals surface area (Å²) in [4.78, 5) is 3.34. The summed E-state index contributed by atoms with van der Waals surface area (Å²) in [5, 5.41) is 0. The monoisotopic (exact) mass is 233 g/mol. The second kappa shape index (κ2) is 5.57. The molecule has 0 atom stereocenters. The highest BCUT2D eigenvalue weighted by Gasteiger charge is 1.97. The van der Waals surface area contributed by atoms with Gasteiger partial charge in [0.1, 0.15) is 12.4 Å². The largest absolute Gasteiger partial charge is 0.489 e. The van der Waals surface area contributed by atoms with Gasteiger partial charge in [0.2, 0.25) is 0 Å². The summed E-state index contributed by atoms with van der Waals surface area (Å²) in [5.74, 6) is 3.34. The van der Waals surface area contributed by atoms with E-state index in [0.29, 0.717) is 12.3 Å². The summed E-state index contributed by atoms with van der Waals surface area (Å²) < 4.78 is 5.62. The molecule has 0 saturated carbocycles. The van der Waals surface area contributed by atoms with E-state index in [0.717, 1.165) is 16.9 Å². The van der Waals surface area contributed by atoms with Crippen molar-refractivity contribution in [2.75, 3.05) is 0 Å². The zero-order chi connectivity index (χ0) is 12.8. The minimum atomic E-state index is 0.480. The van der Waals surface area contributed by atoms with Crippen LogP contribution in [0.5, 0.6) is 5.75 Å². The highest BCUT2D eigenvalue weighted by atomic mass is 16.5. The summed E-state index contributed by atoms with van der Waals surface area (Å²) in [6.45, 7) is 7.35. The van der Waals surface area contributed by atoms with Crippen molar-refractivity contribution in [1.82, 2.24) is 0 Å². The van der Waals surface area contributed by atoms with Crippen LogP contribution in [-0.4, -0.2) is 0 Å². The van der Waals surface area contributed by atoms with Gasteiger partial charge in [-0.1, -0.05) is 30.2 Å². The molecule has 0 aliphatic rings. The first-order chi connectivity index (χ1) is 8.81. The number of hydrogen-bond acceptors (Lipinski definition) is 1. The van der Waals surface area contributed by atoms with Crippen LogP contribution in [0.3, 0.4) is 0 Å². The zero-order valence-corrected chi connectivity index (χ0v) is 9.76. The smallest absolute Gasteiger partial charge is 0.187 e. The molecule has 0 amide bonds. The quantitative estimate of drug-likeness (QED) is 0.580. The molecule has 0 radical (unpaired) electrons. The maximum absolute atomic E-state index is 6.87. The highest BCUT2D eigenvalue weighted by Crippen LogP contribution is 2.16. The van der Waals surface area contributed by atoms with E-state index in [1.165, 1.54) is 0 Å². The van der Waals surface area contributed by atoms with E-state index in [1.54, 1.807) is 12.1 Å². The molecule has 0 fully saturated rings. The zero-order valence-electron chi connectivity index (χ0n) is 9.76. The minimum Gasteiger partial charge on any atom is -0.489 e. The third kappa shape index (κ3) is 2.90. The van der Waals surface area contributed by atoms with Crippen LogP contribution < -0.4 is 4.74 Å². The fourth-order valence-corrected chi connectivity index (χ4v) is 1.48. The molecule has 0 aromatic heterocycles. The number of hydrogen-bond donors (Lipinski definition) is 0. The summed E-state index contributed by atoms with van der Waals surface area (Å²) in [6.07, 6.45) is 5.28. The molecule has 0 saturated heterocycles. The Hall–Kier alpha value is -2.71. The SMILES string of the molecule is [C-]#[N+]c1ccc(COc2ccc(C#C)cc2)cc1. The van der Waals surface area contributed by atoms with Gasteiger partial charge in [-0.2, -0.15) is 0 Å². The Balaban J connectivity index is 1.98. The Morgan fingerprint density at radius 1 is 1.06 bits per heavy atom. The molecule has 2 heteroatoms. The molecule has 0 aliphatic carbocycles. The lowest BCUT2D eigenvalue weighted by atomic mass is 10.2. The molecule has 86 valence electrons. The van der Waals surface area contributed by atoms with Gasteiger partial charge in [0.15, 0.2) is 5.69 Å². The average Bonchev–Trinajstić information content (AvgIpc) is 2.46. The molecule has 0 N–H and O–H groups in total. The molecule has 2 nitrogen and oxygen atoms in total. The van der Waals surface area contributed by atoms with Gasteiger partial charge >= 0.3 is 0 Å². The van der Waals surface area contributed by atoms with Crippen LogP contribution >= 0.6 is 0 Å². The van der Waals surface area contributed by atoms with Crippen molar-refractivity contribution in [2.45, 2.75) is 6.61 Å². The predicted molar refractivity (Wildman–Crippen MR) is 71.4 cm³/mol. The Kier molecular flexibility index (Phi) is 3.64.